The lowest BCUT2D eigenvalue weighted by Gasteiger charge is -2.18. The molecule has 1 fully saturated rings. The van der Waals surface area contributed by atoms with Crippen LogP contribution in [-0.4, -0.2) is 35.3 Å². The summed E-state index contributed by atoms with van der Waals surface area (Å²) in [5.41, 5.74) is 1.17. The molecule has 0 aliphatic carbocycles. The minimum atomic E-state index is -0.00951. The Morgan fingerprint density at radius 3 is 2.50 bits per heavy atom. The fourth-order valence-electron chi connectivity index (χ4n) is 2.73. The summed E-state index contributed by atoms with van der Waals surface area (Å²) >= 11 is 8.31. The van der Waals surface area contributed by atoms with Gasteiger partial charge in [0.05, 0.1) is 22.7 Å². The number of hydrogen-bond acceptors (Lipinski definition) is 6. The summed E-state index contributed by atoms with van der Waals surface area (Å²) < 4.78 is 5.96. The Labute approximate surface area is 167 Å². The lowest BCUT2D eigenvalue weighted by molar-refractivity contribution is -0.122. The Morgan fingerprint density at radius 2 is 1.85 bits per heavy atom. The number of anilines is 1. The number of carbonyl (C=O) groups excluding carboxylic acids is 1. The van der Waals surface area contributed by atoms with Gasteiger partial charge >= 0.3 is 0 Å². The predicted octanol–water partition coefficient (Wildman–Crippen LogP) is 4.79. The average molecular weight is 405 g/mol. The molecule has 0 unspecified atom stereocenters. The first-order chi connectivity index (χ1) is 12.6. The number of benzene rings is 1. The summed E-state index contributed by atoms with van der Waals surface area (Å²) in [7, 11) is 1.68. The molecule has 4 nitrogen and oxygen atoms in total. The Hall–Kier alpha value is -1.70. The summed E-state index contributed by atoms with van der Waals surface area (Å²) in [4.78, 5) is 17.9. The van der Waals surface area contributed by atoms with Crippen molar-refractivity contribution in [1.82, 2.24) is 4.90 Å². The smallest absolute Gasteiger partial charge is 0.266 e. The van der Waals surface area contributed by atoms with Gasteiger partial charge in [0.25, 0.3) is 5.91 Å². The molecular formula is C19H20N2O2S3. The number of amides is 1. The summed E-state index contributed by atoms with van der Waals surface area (Å²) in [6.45, 7) is 5.54. The van der Waals surface area contributed by atoms with Crippen LogP contribution in [0.25, 0.3) is 0 Å². The van der Waals surface area contributed by atoms with Crippen LogP contribution in [0.2, 0.25) is 0 Å². The van der Waals surface area contributed by atoms with Gasteiger partial charge in [-0.2, -0.15) is 0 Å². The lowest BCUT2D eigenvalue weighted by atomic mass is 10.2. The molecule has 7 heteroatoms. The summed E-state index contributed by atoms with van der Waals surface area (Å²) in [6.07, 6.45) is 7.76. The van der Waals surface area contributed by atoms with Crippen LogP contribution < -0.4 is 9.64 Å². The van der Waals surface area contributed by atoms with Gasteiger partial charge in [-0.1, -0.05) is 47.9 Å². The highest BCUT2D eigenvalue weighted by Gasteiger charge is 2.30. The summed E-state index contributed by atoms with van der Waals surface area (Å²) in [6, 6.07) is 6.13. The number of rotatable bonds is 5. The van der Waals surface area contributed by atoms with Crippen LogP contribution in [0.3, 0.4) is 0 Å². The molecule has 0 saturated carbocycles. The lowest BCUT2D eigenvalue weighted by Crippen LogP contribution is -2.27. The number of nitrogens with zero attached hydrogens (tertiary/aromatic N) is 2. The van der Waals surface area contributed by atoms with Crippen molar-refractivity contribution >= 4 is 51.7 Å². The molecule has 0 atom stereocenters. The van der Waals surface area contributed by atoms with Gasteiger partial charge in [-0.3, -0.25) is 9.69 Å². The van der Waals surface area contributed by atoms with Crippen LogP contribution in [0.15, 0.2) is 57.3 Å². The van der Waals surface area contributed by atoms with Gasteiger partial charge in [-0.25, -0.2) is 0 Å². The number of allylic oxidation sites excluding steroid dienone is 4. The zero-order valence-corrected chi connectivity index (χ0v) is 17.3. The van der Waals surface area contributed by atoms with E-state index in [9.17, 15) is 4.79 Å². The predicted molar refractivity (Wildman–Crippen MR) is 115 cm³/mol. The summed E-state index contributed by atoms with van der Waals surface area (Å²) in [5, 5.41) is 1.15. The van der Waals surface area contributed by atoms with E-state index < -0.39 is 0 Å². The number of thiocarbonyl (C=S) groups is 1. The maximum atomic E-state index is 12.2. The van der Waals surface area contributed by atoms with E-state index in [4.69, 9.17) is 17.0 Å². The second-order valence-corrected chi connectivity index (χ2v) is 8.26. The van der Waals surface area contributed by atoms with Crippen molar-refractivity contribution < 1.29 is 9.53 Å². The number of carbonyl (C=O) groups is 1. The Bertz CT molecular complexity index is 830. The molecule has 0 aromatic heterocycles. The average Bonchev–Trinajstić information content (AvgIpc) is 3.13. The van der Waals surface area contributed by atoms with Gasteiger partial charge in [-0.15, -0.1) is 0 Å². The molecule has 1 aromatic rings. The van der Waals surface area contributed by atoms with E-state index in [2.05, 4.69) is 30.0 Å². The quantitative estimate of drug-likeness (QED) is 0.518. The molecule has 2 heterocycles. The number of thioether (sulfide) groups is 2. The molecule has 0 bridgehead atoms. The van der Waals surface area contributed by atoms with Crippen molar-refractivity contribution in [2.45, 2.75) is 18.7 Å². The van der Waals surface area contributed by atoms with Crippen molar-refractivity contribution in [2.75, 3.05) is 25.1 Å². The molecule has 1 amide bonds. The first-order valence-electron chi connectivity index (χ1n) is 8.34. The maximum absolute atomic E-state index is 12.2. The second kappa shape index (κ2) is 8.33. The van der Waals surface area contributed by atoms with Gasteiger partial charge in [0.15, 0.2) is 0 Å². The topological polar surface area (TPSA) is 32.8 Å². The van der Waals surface area contributed by atoms with E-state index in [0.717, 1.165) is 17.3 Å². The Kier molecular flexibility index (Phi) is 6.11. The number of methoxy groups -OCH3 is 1. The fourth-order valence-corrected chi connectivity index (χ4v) is 5.18. The van der Waals surface area contributed by atoms with Crippen LogP contribution in [0, 0.1) is 0 Å². The van der Waals surface area contributed by atoms with E-state index >= 15 is 0 Å². The second-order valence-electron chi connectivity index (χ2n) is 5.52. The molecule has 2 aliphatic rings. The Morgan fingerprint density at radius 1 is 1.12 bits per heavy atom. The van der Waals surface area contributed by atoms with Crippen molar-refractivity contribution in [2.24, 2.45) is 0 Å². The first kappa shape index (κ1) is 19.1. The van der Waals surface area contributed by atoms with Crippen LogP contribution in [0.5, 0.6) is 5.75 Å². The highest BCUT2D eigenvalue weighted by Crippen LogP contribution is 2.47. The maximum Gasteiger partial charge on any atom is 0.266 e. The van der Waals surface area contributed by atoms with Crippen LogP contribution in [0.1, 0.15) is 13.8 Å². The first-order valence-corrected chi connectivity index (χ1v) is 10.4. The van der Waals surface area contributed by atoms with Gasteiger partial charge in [0.2, 0.25) is 0 Å². The number of fused-ring (bicyclic) bond motifs is 1. The van der Waals surface area contributed by atoms with Gasteiger partial charge in [-0.05, 0) is 38.1 Å². The highest BCUT2D eigenvalue weighted by molar-refractivity contribution is 8.26. The fraction of sp³-hybridized carbons (Fsp3) is 0.263. The highest BCUT2D eigenvalue weighted by atomic mass is 32.2. The van der Waals surface area contributed by atoms with Crippen molar-refractivity contribution in [3.63, 3.8) is 0 Å². The number of likely N-dealkylation sites (N-methyl/N-ethyl adjacent to an activating group) is 1. The standard InChI is InChI=1S/C19H20N2O2S3/c1-4-20-14-12-13(23-3)10-11-15(14)25-17(20)9-7-6-8-16-18(22)21(5-2)19(24)26-16/h6-12H,4-5H2,1-3H3. The minimum absolute atomic E-state index is 0.00951. The van der Waals surface area contributed by atoms with Gasteiger partial charge in [0.1, 0.15) is 10.1 Å². The minimum Gasteiger partial charge on any atom is -0.497 e. The van der Waals surface area contributed by atoms with E-state index in [-0.39, 0.29) is 5.91 Å². The monoisotopic (exact) mass is 404 g/mol. The molecule has 0 N–H and O–H groups in total. The van der Waals surface area contributed by atoms with E-state index in [1.165, 1.54) is 22.3 Å². The van der Waals surface area contributed by atoms with E-state index in [0.29, 0.717) is 15.8 Å². The molecule has 0 radical (unpaired) electrons. The third-order valence-corrected chi connectivity index (χ3v) is 6.57. The molecule has 136 valence electrons. The van der Waals surface area contributed by atoms with E-state index in [1.54, 1.807) is 23.8 Å². The van der Waals surface area contributed by atoms with E-state index in [1.807, 2.05) is 31.2 Å². The van der Waals surface area contributed by atoms with Crippen molar-refractivity contribution in [3.05, 3.63) is 52.4 Å². The SMILES string of the molecule is CCN1C(=O)C(=CC=CC=C2Sc3ccc(OC)cc3N2CC)SC1=S. The molecule has 3 rings (SSSR count). The van der Waals surface area contributed by atoms with Crippen LogP contribution in [-0.2, 0) is 4.79 Å². The third kappa shape index (κ3) is 3.70. The molecule has 2 aliphatic heterocycles. The van der Waals surface area contributed by atoms with Crippen LogP contribution in [0.4, 0.5) is 5.69 Å². The zero-order chi connectivity index (χ0) is 18.7. The third-order valence-electron chi connectivity index (χ3n) is 4.04. The van der Waals surface area contributed by atoms with Gasteiger partial charge < -0.3 is 9.64 Å². The Balaban J connectivity index is 1.75. The largest absolute Gasteiger partial charge is 0.497 e. The molecule has 1 saturated heterocycles. The normalized spacial score (nSPS) is 20.1. The molecule has 0 spiro atoms. The zero-order valence-electron chi connectivity index (χ0n) is 14.9. The van der Waals surface area contributed by atoms with Crippen molar-refractivity contribution in [1.29, 1.82) is 0 Å². The van der Waals surface area contributed by atoms with Gasteiger partial charge in [0, 0.05) is 24.1 Å². The molecule has 26 heavy (non-hydrogen) atoms. The molecule has 1 aromatic carbocycles. The van der Waals surface area contributed by atoms with Crippen molar-refractivity contribution in [3.8, 4) is 5.75 Å². The molecular weight excluding hydrogens is 384 g/mol. The summed E-state index contributed by atoms with van der Waals surface area (Å²) in [5.74, 6) is 0.849. The number of ether oxygens (including phenoxy) is 1. The number of hydrogen-bond donors (Lipinski definition) is 0. The van der Waals surface area contributed by atoms with Crippen LogP contribution >= 0.6 is 35.7 Å².